The van der Waals surface area contributed by atoms with E-state index >= 15 is 0 Å². The normalized spacial score (nSPS) is 14.7. The summed E-state index contributed by atoms with van der Waals surface area (Å²) in [7, 11) is -0.759. The van der Waals surface area contributed by atoms with Crippen molar-refractivity contribution in [1.82, 2.24) is 4.98 Å². The van der Waals surface area contributed by atoms with E-state index in [-0.39, 0.29) is 16.9 Å². The lowest BCUT2D eigenvalue weighted by Crippen LogP contribution is -2.33. The number of halogens is 1. The highest BCUT2D eigenvalue weighted by molar-refractivity contribution is 9.10. The van der Waals surface area contributed by atoms with Crippen molar-refractivity contribution < 1.29 is 4.43 Å². The van der Waals surface area contributed by atoms with E-state index in [4.69, 9.17) is 4.43 Å². The van der Waals surface area contributed by atoms with Crippen molar-refractivity contribution >= 4 is 25.0 Å². The lowest BCUT2D eigenvalue weighted by atomic mass is 9.66. The minimum atomic E-state index is -0.759. The van der Waals surface area contributed by atoms with Gasteiger partial charge in [-0.1, -0.05) is 34.6 Å². The fourth-order valence-corrected chi connectivity index (χ4v) is 2.85. The zero-order chi connectivity index (χ0) is 15.6. The zero-order valence-corrected chi connectivity index (χ0v) is 16.3. The van der Waals surface area contributed by atoms with E-state index in [1.165, 1.54) is 0 Å². The van der Waals surface area contributed by atoms with Crippen molar-refractivity contribution in [1.29, 1.82) is 0 Å². The average Bonchev–Trinajstić information content (AvgIpc) is 2.26. The number of aromatic nitrogens is 1. The molecular formula is C16H27BrNOSi. The molecule has 0 amide bonds. The predicted molar refractivity (Wildman–Crippen MR) is 91.1 cm³/mol. The van der Waals surface area contributed by atoms with Gasteiger partial charge in [-0.25, -0.2) is 0 Å². The maximum atomic E-state index is 6.23. The van der Waals surface area contributed by atoms with Crippen LogP contribution in [0.15, 0.2) is 22.8 Å². The highest BCUT2D eigenvalue weighted by atomic mass is 79.9. The molecule has 0 bridgehead atoms. The quantitative estimate of drug-likeness (QED) is 0.639. The van der Waals surface area contributed by atoms with Crippen LogP contribution in [0.25, 0.3) is 0 Å². The minimum absolute atomic E-state index is 0.0845. The molecule has 1 rings (SSSR count). The molecule has 0 aliphatic heterocycles. The van der Waals surface area contributed by atoms with E-state index < -0.39 is 9.04 Å². The zero-order valence-electron chi connectivity index (χ0n) is 13.7. The average molecular weight is 357 g/mol. The molecule has 4 heteroatoms. The molecule has 2 nitrogen and oxygen atoms in total. The Morgan fingerprint density at radius 3 is 2.20 bits per heavy atom. The van der Waals surface area contributed by atoms with Gasteiger partial charge in [-0.3, -0.25) is 4.98 Å². The Morgan fingerprint density at radius 2 is 1.80 bits per heavy atom. The summed E-state index contributed by atoms with van der Waals surface area (Å²) in [6, 6.07) is 4.11. The van der Waals surface area contributed by atoms with Crippen LogP contribution < -0.4 is 0 Å². The van der Waals surface area contributed by atoms with Gasteiger partial charge in [-0.2, -0.15) is 0 Å². The van der Waals surface area contributed by atoms with Gasteiger partial charge < -0.3 is 4.43 Å². The van der Waals surface area contributed by atoms with Crippen molar-refractivity contribution in [2.24, 2.45) is 10.8 Å². The molecule has 113 valence electrons. The van der Waals surface area contributed by atoms with Gasteiger partial charge in [0.25, 0.3) is 0 Å². The van der Waals surface area contributed by atoms with Crippen LogP contribution in [0.5, 0.6) is 0 Å². The maximum Gasteiger partial charge on any atom is 0.205 e. The first-order valence-corrected chi connectivity index (χ1v) is 10.3. The molecule has 0 aromatic carbocycles. The Morgan fingerprint density at radius 1 is 1.20 bits per heavy atom. The largest absolute Gasteiger partial charge is 0.409 e. The molecule has 0 fully saturated rings. The van der Waals surface area contributed by atoms with Crippen molar-refractivity contribution in [2.75, 3.05) is 0 Å². The first kappa shape index (κ1) is 17.9. The molecule has 1 atom stereocenters. The molecule has 1 radical (unpaired) electrons. The van der Waals surface area contributed by atoms with Gasteiger partial charge in [-0.05, 0) is 58.4 Å². The molecule has 1 aromatic rings. The van der Waals surface area contributed by atoms with Crippen molar-refractivity contribution in [3.05, 3.63) is 28.5 Å². The number of hydrogen-bond acceptors (Lipinski definition) is 2. The van der Waals surface area contributed by atoms with E-state index in [0.29, 0.717) is 0 Å². The number of rotatable bonds is 5. The summed E-state index contributed by atoms with van der Waals surface area (Å²) in [5.41, 5.74) is 1.46. The third-order valence-corrected chi connectivity index (χ3v) is 5.41. The molecule has 0 spiro atoms. The lowest BCUT2D eigenvalue weighted by molar-refractivity contribution is 0.0538. The molecule has 0 aliphatic carbocycles. The Kier molecular flexibility index (Phi) is 5.99. The second kappa shape index (κ2) is 6.71. The number of hydrogen-bond donors (Lipinski definition) is 0. The smallest absolute Gasteiger partial charge is 0.205 e. The van der Waals surface area contributed by atoms with Crippen LogP contribution >= 0.6 is 15.9 Å². The van der Waals surface area contributed by atoms with Gasteiger partial charge in [0.2, 0.25) is 9.04 Å². The molecular weight excluding hydrogens is 330 g/mol. The van der Waals surface area contributed by atoms with Gasteiger partial charge in [0.15, 0.2) is 0 Å². The van der Waals surface area contributed by atoms with Crippen molar-refractivity contribution in [2.45, 2.75) is 60.2 Å². The van der Waals surface area contributed by atoms with E-state index in [1.54, 1.807) is 0 Å². The Labute approximate surface area is 134 Å². The summed E-state index contributed by atoms with van der Waals surface area (Å²) in [4.78, 5) is 4.54. The highest BCUT2D eigenvalue weighted by Gasteiger charge is 2.36. The lowest BCUT2D eigenvalue weighted by Gasteiger charge is -2.41. The first-order chi connectivity index (χ1) is 9.03. The molecule has 1 unspecified atom stereocenters. The Balaban J connectivity index is 2.99. The maximum absolute atomic E-state index is 6.23. The van der Waals surface area contributed by atoms with Crippen molar-refractivity contribution in [3.8, 4) is 0 Å². The minimum Gasteiger partial charge on any atom is -0.409 e. The highest BCUT2D eigenvalue weighted by Crippen LogP contribution is 2.45. The van der Waals surface area contributed by atoms with Crippen LogP contribution in [0.2, 0.25) is 13.1 Å². The van der Waals surface area contributed by atoms with Gasteiger partial charge in [-0.15, -0.1) is 0 Å². The molecule has 20 heavy (non-hydrogen) atoms. The monoisotopic (exact) mass is 356 g/mol. The van der Waals surface area contributed by atoms with Gasteiger partial charge in [0.1, 0.15) is 0 Å². The number of pyridine rings is 1. The summed E-state index contributed by atoms with van der Waals surface area (Å²) >= 11 is 3.44. The van der Waals surface area contributed by atoms with Crippen LogP contribution in [-0.4, -0.2) is 14.0 Å². The summed E-state index contributed by atoms with van der Waals surface area (Å²) < 4.78 is 7.24. The van der Waals surface area contributed by atoms with E-state index in [0.717, 1.165) is 16.6 Å². The van der Waals surface area contributed by atoms with Gasteiger partial charge >= 0.3 is 0 Å². The van der Waals surface area contributed by atoms with Gasteiger partial charge in [0.05, 0.1) is 11.8 Å². The topological polar surface area (TPSA) is 22.1 Å². The standard InChI is InChI=1S/C16H27BrNOSi/c1-15(2,3)16(4,5)10-14(19-20(6)7)13-9-8-12(17)11-18-13/h8-9,11,14H,10H2,1-7H3. The molecule has 1 aromatic heterocycles. The fourth-order valence-electron chi connectivity index (χ4n) is 1.84. The van der Waals surface area contributed by atoms with Crippen LogP contribution in [0.3, 0.4) is 0 Å². The summed E-state index contributed by atoms with van der Waals surface area (Å²) in [6.45, 7) is 15.9. The van der Waals surface area contributed by atoms with Crippen LogP contribution in [0.1, 0.15) is 52.8 Å². The predicted octanol–water partition coefficient (Wildman–Crippen LogP) is 5.62. The second-order valence-corrected chi connectivity index (χ2v) is 10.2. The molecule has 0 saturated carbocycles. The summed E-state index contributed by atoms with van der Waals surface area (Å²) in [5, 5.41) is 0. The summed E-state index contributed by atoms with van der Waals surface area (Å²) in [6.07, 6.45) is 2.93. The fraction of sp³-hybridized carbons (Fsp3) is 0.688. The Hall–Kier alpha value is -0.193. The van der Waals surface area contributed by atoms with Crippen molar-refractivity contribution in [3.63, 3.8) is 0 Å². The molecule has 0 aliphatic rings. The van der Waals surface area contributed by atoms with E-state index in [1.807, 2.05) is 12.3 Å². The van der Waals surface area contributed by atoms with Crippen LogP contribution in [0.4, 0.5) is 0 Å². The SMILES string of the molecule is C[Si](C)OC(CC(C)(C)C(C)(C)C)c1ccc(Br)cn1. The molecule has 1 heterocycles. The summed E-state index contributed by atoms with van der Waals surface area (Å²) in [5.74, 6) is 0. The molecule has 0 N–H and O–H groups in total. The van der Waals surface area contributed by atoms with Crippen LogP contribution in [-0.2, 0) is 4.43 Å². The van der Waals surface area contributed by atoms with Crippen LogP contribution in [0, 0.1) is 10.8 Å². The second-order valence-electron chi connectivity index (χ2n) is 7.25. The van der Waals surface area contributed by atoms with E-state index in [9.17, 15) is 0 Å². The first-order valence-electron chi connectivity index (χ1n) is 7.11. The Bertz CT molecular complexity index is 423. The molecule has 0 saturated heterocycles. The van der Waals surface area contributed by atoms with Gasteiger partial charge in [0, 0.05) is 10.7 Å². The number of nitrogens with zero attached hydrogens (tertiary/aromatic N) is 1. The van der Waals surface area contributed by atoms with E-state index in [2.05, 4.69) is 74.7 Å². The third-order valence-electron chi connectivity index (χ3n) is 4.18. The third kappa shape index (κ3) is 4.97.